The zero-order chi connectivity index (χ0) is 14.5. The Balaban J connectivity index is 2.08. The number of nitrogens with zero attached hydrogens (tertiary/aromatic N) is 2. The minimum atomic E-state index is -0.405. The maximum atomic E-state index is 10.8. The van der Waals surface area contributed by atoms with Crippen LogP contribution in [0.3, 0.4) is 0 Å². The molecule has 0 radical (unpaired) electrons. The van der Waals surface area contributed by atoms with Gasteiger partial charge in [-0.25, -0.2) is 4.98 Å². The molecule has 1 aromatic heterocycles. The van der Waals surface area contributed by atoms with Gasteiger partial charge in [-0.05, 0) is 12.5 Å². The Kier molecular flexibility index (Phi) is 4.47. The standard InChI is InChI=1S/C14H18N4O2/c1-10(2)7-15-8-12-9-16-14(17-12)11-4-3-5-13(6-11)18(19)20/h3-6,9-10,15H,7-8H2,1-2H3,(H,16,17). The number of nitro benzene ring substituents is 1. The average Bonchev–Trinajstić information content (AvgIpc) is 2.87. The van der Waals surface area contributed by atoms with Crippen LogP contribution in [0.15, 0.2) is 30.5 Å². The van der Waals surface area contributed by atoms with Gasteiger partial charge in [-0.1, -0.05) is 26.0 Å². The Hall–Kier alpha value is -2.21. The van der Waals surface area contributed by atoms with Gasteiger partial charge in [0.2, 0.25) is 0 Å². The van der Waals surface area contributed by atoms with E-state index >= 15 is 0 Å². The molecule has 0 aliphatic carbocycles. The normalized spacial score (nSPS) is 10.9. The van der Waals surface area contributed by atoms with Gasteiger partial charge in [0.25, 0.3) is 5.69 Å². The molecule has 106 valence electrons. The summed E-state index contributed by atoms with van der Waals surface area (Å²) in [5.74, 6) is 1.24. The van der Waals surface area contributed by atoms with Crippen molar-refractivity contribution in [3.63, 3.8) is 0 Å². The van der Waals surface area contributed by atoms with Gasteiger partial charge in [0.15, 0.2) is 0 Å². The fourth-order valence-electron chi connectivity index (χ4n) is 1.86. The molecule has 2 aromatic rings. The molecule has 2 N–H and O–H groups in total. The maximum Gasteiger partial charge on any atom is 0.270 e. The molecule has 6 heteroatoms. The number of aromatic amines is 1. The summed E-state index contributed by atoms with van der Waals surface area (Å²) >= 11 is 0. The van der Waals surface area contributed by atoms with Crippen molar-refractivity contribution >= 4 is 5.69 Å². The second-order valence-electron chi connectivity index (χ2n) is 5.09. The molecule has 0 unspecified atom stereocenters. The first kappa shape index (κ1) is 14.2. The smallest absolute Gasteiger partial charge is 0.270 e. The number of H-pyrrole nitrogens is 1. The van der Waals surface area contributed by atoms with Crippen molar-refractivity contribution in [3.05, 3.63) is 46.3 Å². The summed E-state index contributed by atoms with van der Waals surface area (Å²) < 4.78 is 0. The summed E-state index contributed by atoms with van der Waals surface area (Å²) in [6.45, 7) is 5.94. The number of rotatable bonds is 6. The summed E-state index contributed by atoms with van der Waals surface area (Å²) in [5, 5.41) is 14.1. The Morgan fingerprint density at radius 2 is 2.25 bits per heavy atom. The number of hydrogen-bond acceptors (Lipinski definition) is 4. The highest BCUT2D eigenvalue weighted by molar-refractivity contribution is 5.59. The second kappa shape index (κ2) is 6.29. The average molecular weight is 274 g/mol. The SMILES string of the molecule is CC(C)CNCc1cnc(-c2cccc([N+](=O)[O-])c2)[nH]1. The zero-order valence-electron chi connectivity index (χ0n) is 11.6. The summed E-state index contributed by atoms with van der Waals surface area (Å²) in [5.41, 5.74) is 1.75. The zero-order valence-corrected chi connectivity index (χ0v) is 11.6. The predicted octanol–water partition coefficient (Wildman–Crippen LogP) is 2.73. The molecule has 0 bridgehead atoms. The van der Waals surface area contributed by atoms with Crippen molar-refractivity contribution in [1.82, 2.24) is 15.3 Å². The van der Waals surface area contributed by atoms with Crippen LogP contribution in [0.2, 0.25) is 0 Å². The van der Waals surface area contributed by atoms with Crippen LogP contribution in [-0.2, 0) is 6.54 Å². The van der Waals surface area contributed by atoms with Crippen LogP contribution in [0.1, 0.15) is 19.5 Å². The first-order valence-corrected chi connectivity index (χ1v) is 6.55. The Bertz CT molecular complexity index is 592. The first-order valence-electron chi connectivity index (χ1n) is 6.55. The van der Waals surface area contributed by atoms with Gasteiger partial charge in [-0.2, -0.15) is 0 Å². The van der Waals surface area contributed by atoms with Crippen molar-refractivity contribution in [2.45, 2.75) is 20.4 Å². The molecule has 0 atom stereocenters. The van der Waals surface area contributed by atoms with E-state index in [9.17, 15) is 10.1 Å². The summed E-state index contributed by atoms with van der Waals surface area (Å²) in [6.07, 6.45) is 1.75. The maximum absolute atomic E-state index is 10.8. The molecule has 0 saturated heterocycles. The monoisotopic (exact) mass is 274 g/mol. The lowest BCUT2D eigenvalue weighted by Gasteiger charge is -2.05. The van der Waals surface area contributed by atoms with E-state index in [1.54, 1.807) is 18.3 Å². The lowest BCUT2D eigenvalue weighted by Crippen LogP contribution is -2.19. The predicted molar refractivity (Wildman–Crippen MR) is 77.2 cm³/mol. The molecule has 0 fully saturated rings. The molecule has 2 rings (SSSR count). The van der Waals surface area contributed by atoms with E-state index < -0.39 is 4.92 Å². The number of benzene rings is 1. The lowest BCUT2D eigenvalue weighted by molar-refractivity contribution is -0.384. The topological polar surface area (TPSA) is 83.8 Å². The van der Waals surface area contributed by atoms with E-state index in [-0.39, 0.29) is 5.69 Å². The van der Waals surface area contributed by atoms with E-state index in [4.69, 9.17) is 0 Å². The van der Waals surface area contributed by atoms with E-state index in [0.29, 0.717) is 23.9 Å². The molecule has 6 nitrogen and oxygen atoms in total. The number of nitro groups is 1. The van der Waals surface area contributed by atoms with Crippen molar-refractivity contribution in [1.29, 1.82) is 0 Å². The second-order valence-corrected chi connectivity index (χ2v) is 5.09. The number of aromatic nitrogens is 2. The highest BCUT2D eigenvalue weighted by Gasteiger charge is 2.09. The fourth-order valence-corrected chi connectivity index (χ4v) is 1.86. The van der Waals surface area contributed by atoms with Gasteiger partial charge in [0, 0.05) is 36.1 Å². The number of non-ortho nitro benzene ring substituents is 1. The third-order valence-corrected chi connectivity index (χ3v) is 2.83. The van der Waals surface area contributed by atoms with Gasteiger partial charge in [-0.15, -0.1) is 0 Å². The van der Waals surface area contributed by atoms with E-state index in [2.05, 4.69) is 29.1 Å². The van der Waals surface area contributed by atoms with Gasteiger partial charge < -0.3 is 10.3 Å². The van der Waals surface area contributed by atoms with Gasteiger partial charge in [-0.3, -0.25) is 10.1 Å². The third kappa shape index (κ3) is 3.64. The number of imidazole rings is 1. The van der Waals surface area contributed by atoms with Gasteiger partial charge >= 0.3 is 0 Å². The van der Waals surface area contributed by atoms with Crippen LogP contribution >= 0.6 is 0 Å². The highest BCUT2D eigenvalue weighted by atomic mass is 16.6. The molecule has 0 aliphatic heterocycles. The number of hydrogen-bond donors (Lipinski definition) is 2. The van der Waals surface area contributed by atoms with Crippen LogP contribution in [-0.4, -0.2) is 21.4 Å². The first-order chi connectivity index (χ1) is 9.56. The summed E-state index contributed by atoms with van der Waals surface area (Å²) in [7, 11) is 0. The molecule has 0 amide bonds. The molecule has 1 aromatic carbocycles. The van der Waals surface area contributed by atoms with Crippen molar-refractivity contribution in [3.8, 4) is 11.4 Å². The van der Waals surface area contributed by atoms with Crippen molar-refractivity contribution in [2.75, 3.05) is 6.54 Å². The Morgan fingerprint density at radius 3 is 2.95 bits per heavy atom. The van der Waals surface area contributed by atoms with E-state index in [0.717, 1.165) is 12.2 Å². The number of nitrogens with one attached hydrogen (secondary N) is 2. The van der Waals surface area contributed by atoms with Gasteiger partial charge in [0.05, 0.1) is 4.92 Å². The fraction of sp³-hybridized carbons (Fsp3) is 0.357. The minimum absolute atomic E-state index is 0.0679. The van der Waals surface area contributed by atoms with Gasteiger partial charge in [0.1, 0.15) is 5.82 Å². The van der Waals surface area contributed by atoms with E-state index in [1.807, 2.05) is 0 Å². The van der Waals surface area contributed by atoms with Crippen LogP contribution in [0.4, 0.5) is 5.69 Å². The van der Waals surface area contributed by atoms with Crippen LogP contribution in [0.25, 0.3) is 11.4 Å². The summed E-state index contributed by atoms with van der Waals surface area (Å²) in [4.78, 5) is 17.8. The lowest BCUT2D eigenvalue weighted by atomic mass is 10.2. The van der Waals surface area contributed by atoms with Crippen LogP contribution < -0.4 is 5.32 Å². The molecule has 1 heterocycles. The summed E-state index contributed by atoms with van der Waals surface area (Å²) in [6, 6.07) is 6.45. The molecule has 0 spiro atoms. The molecule has 0 saturated carbocycles. The highest BCUT2D eigenvalue weighted by Crippen LogP contribution is 2.21. The van der Waals surface area contributed by atoms with Crippen LogP contribution in [0, 0.1) is 16.0 Å². The minimum Gasteiger partial charge on any atom is -0.341 e. The third-order valence-electron chi connectivity index (χ3n) is 2.83. The molecular formula is C14H18N4O2. The van der Waals surface area contributed by atoms with Crippen molar-refractivity contribution < 1.29 is 4.92 Å². The van der Waals surface area contributed by atoms with Crippen molar-refractivity contribution in [2.24, 2.45) is 5.92 Å². The Labute approximate surface area is 117 Å². The molecular weight excluding hydrogens is 256 g/mol. The van der Waals surface area contributed by atoms with Crippen LogP contribution in [0.5, 0.6) is 0 Å². The molecule has 20 heavy (non-hydrogen) atoms. The Morgan fingerprint density at radius 1 is 1.45 bits per heavy atom. The van der Waals surface area contributed by atoms with E-state index in [1.165, 1.54) is 12.1 Å². The largest absolute Gasteiger partial charge is 0.341 e. The molecule has 0 aliphatic rings. The quantitative estimate of drug-likeness (QED) is 0.626.